The Balaban J connectivity index is 1.31. The van der Waals surface area contributed by atoms with Gasteiger partial charge in [-0.25, -0.2) is 0 Å². The van der Waals surface area contributed by atoms with Gasteiger partial charge in [0, 0.05) is 22.1 Å². The molecular formula is C46H32N2. The Kier molecular flexibility index (Phi) is 6.84. The predicted molar refractivity (Wildman–Crippen MR) is 202 cm³/mol. The third-order valence-electron chi connectivity index (χ3n) is 9.29. The van der Waals surface area contributed by atoms with Gasteiger partial charge in [0.2, 0.25) is 0 Å². The van der Waals surface area contributed by atoms with Gasteiger partial charge in [-0.1, -0.05) is 146 Å². The Bertz CT molecular complexity index is 2340. The molecule has 0 aliphatic rings. The van der Waals surface area contributed by atoms with E-state index in [1.807, 2.05) is 0 Å². The molecule has 2 heterocycles. The number of aromatic nitrogens is 2. The van der Waals surface area contributed by atoms with Gasteiger partial charge in [-0.3, -0.25) is 0 Å². The lowest BCUT2D eigenvalue weighted by atomic mass is 10.0. The van der Waals surface area contributed by atoms with Crippen LogP contribution in [0.15, 0.2) is 194 Å². The maximum atomic E-state index is 2.42. The van der Waals surface area contributed by atoms with E-state index in [4.69, 9.17) is 0 Å². The van der Waals surface area contributed by atoms with E-state index >= 15 is 0 Å². The summed E-state index contributed by atoms with van der Waals surface area (Å²) in [4.78, 5) is 0. The number of benzene rings is 7. The van der Waals surface area contributed by atoms with E-state index in [2.05, 4.69) is 203 Å². The molecule has 0 spiro atoms. The Labute approximate surface area is 280 Å². The van der Waals surface area contributed by atoms with Gasteiger partial charge in [-0.05, 0) is 81.9 Å². The highest BCUT2D eigenvalue weighted by atomic mass is 15.0. The molecule has 226 valence electrons. The van der Waals surface area contributed by atoms with Gasteiger partial charge in [-0.2, -0.15) is 0 Å². The van der Waals surface area contributed by atoms with Crippen LogP contribution < -0.4 is 0 Å². The van der Waals surface area contributed by atoms with Crippen LogP contribution in [-0.4, -0.2) is 9.13 Å². The second-order valence-corrected chi connectivity index (χ2v) is 12.3. The molecule has 0 unspecified atom stereocenters. The molecule has 2 aromatic heterocycles. The lowest BCUT2D eigenvalue weighted by Gasteiger charge is -2.14. The number of nitrogens with zero attached hydrogens (tertiary/aromatic N) is 2. The van der Waals surface area contributed by atoms with Gasteiger partial charge in [-0.15, -0.1) is 0 Å². The van der Waals surface area contributed by atoms with Gasteiger partial charge in [0.25, 0.3) is 0 Å². The molecular weight excluding hydrogens is 581 g/mol. The third-order valence-corrected chi connectivity index (χ3v) is 9.29. The van der Waals surface area contributed by atoms with E-state index in [9.17, 15) is 0 Å². The van der Waals surface area contributed by atoms with Gasteiger partial charge in [0.05, 0.1) is 22.4 Å². The van der Waals surface area contributed by atoms with Crippen LogP contribution in [-0.2, 0) is 0 Å². The maximum absolute atomic E-state index is 2.42. The molecule has 2 heteroatoms. The van der Waals surface area contributed by atoms with Crippen molar-refractivity contribution in [3.8, 4) is 56.1 Å². The Morgan fingerprint density at radius 3 is 0.958 bits per heavy atom. The molecule has 0 bridgehead atoms. The van der Waals surface area contributed by atoms with Crippen LogP contribution in [0.5, 0.6) is 0 Å². The molecule has 0 saturated heterocycles. The first-order valence-electron chi connectivity index (χ1n) is 16.4. The standard InChI is InChI=1S/C46H32N2/c1-5-15-33(16-6-1)37-23-13-25-41(27-37)47-43(35-19-9-3-10-20-35)29-39-32-46-40(31-45(39)47)30-44(36-21-11-4-12-22-36)48(46)42-26-14-24-38(28-42)34-17-7-2-8-18-34/h1-32H. The minimum absolute atomic E-state index is 1.14. The molecule has 2 nitrogen and oxygen atoms in total. The van der Waals surface area contributed by atoms with E-state index in [-0.39, 0.29) is 0 Å². The first kappa shape index (κ1) is 27.9. The van der Waals surface area contributed by atoms with Crippen LogP contribution >= 0.6 is 0 Å². The average molecular weight is 613 g/mol. The molecule has 0 saturated carbocycles. The van der Waals surface area contributed by atoms with E-state index < -0.39 is 0 Å². The summed E-state index contributed by atoms with van der Waals surface area (Å²) < 4.78 is 4.85. The van der Waals surface area contributed by atoms with Crippen LogP contribution in [0.1, 0.15) is 0 Å². The Morgan fingerprint density at radius 1 is 0.250 bits per heavy atom. The number of fused-ring (bicyclic) bond motifs is 2. The highest BCUT2D eigenvalue weighted by Crippen LogP contribution is 2.39. The molecule has 48 heavy (non-hydrogen) atoms. The van der Waals surface area contributed by atoms with Crippen molar-refractivity contribution in [1.29, 1.82) is 0 Å². The smallest absolute Gasteiger partial charge is 0.0542 e. The molecule has 7 aromatic carbocycles. The summed E-state index contributed by atoms with van der Waals surface area (Å²) in [6.45, 7) is 0. The fourth-order valence-electron chi connectivity index (χ4n) is 7.02. The first-order valence-corrected chi connectivity index (χ1v) is 16.4. The van der Waals surface area contributed by atoms with Gasteiger partial charge in [0.1, 0.15) is 0 Å². The zero-order valence-corrected chi connectivity index (χ0v) is 26.4. The van der Waals surface area contributed by atoms with Gasteiger partial charge >= 0.3 is 0 Å². The van der Waals surface area contributed by atoms with E-state index in [1.54, 1.807) is 0 Å². The zero-order valence-electron chi connectivity index (χ0n) is 26.4. The lowest BCUT2D eigenvalue weighted by Crippen LogP contribution is -1.98. The second-order valence-electron chi connectivity index (χ2n) is 12.3. The first-order chi connectivity index (χ1) is 23.8. The van der Waals surface area contributed by atoms with Crippen molar-refractivity contribution in [2.75, 3.05) is 0 Å². The number of hydrogen-bond acceptors (Lipinski definition) is 0. The summed E-state index contributed by atoms with van der Waals surface area (Å²) in [6.07, 6.45) is 0. The fraction of sp³-hybridized carbons (Fsp3) is 0. The molecule has 0 N–H and O–H groups in total. The zero-order chi connectivity index (χ0) is 31.9. The maximum Gasteiger partial charge on any atom is 0.0542 e. The summed E-state index contributed by atoms with van der Waals surface area (Å²) in [5.41, 5.74) is 14.2. The molecule has 9 aromatic rings. The van der Waals surface area contributed by atoms with Crippen LogP contribution in [0, 0.1) is 0 Å². The summed E-state index contributed by atoms with van der Waals surface area (Å²) in [6, 6.07) is 69.9. The highest BCUT2D eigenvalue weighted by Gasteiger charge is 2.19. The molecule has 0 fully saturated rings. The topological polar surface area (TPSA) is 9.86 Å². The predicted octanol–water partition coefficient (Wildman–Crippen LogP) is 12.2. The summed E-state index contributed by atoms with van der Waals surface area (Å²) in [7, 11) is 0. The van der Waals surface area contributed by atoms with Crippen molar-refractivity contribution in [2.24, 2.45) is 0 Å². The molecule has 0 amide bonds. The molecule has 9 rings (SSSR count). The SMILES string of the molecule is c1ccc(-c2cccc(-n3c(-c4ccccc4)cc4cc5c(cc(-c6ccccc6)n5-c5cccc(-c6ccccc6)c5)cc43)c2)cc1. The van der Waals surface area contributed by atoms with Crippen molar-refractivity contribution in [1.82, 2.24) is 9.13 Å². The van der Waals surface area contributed by atoms with Crippen LogP contribution in [0.2, 0.25) is 0 Å². The normalized spacial score (nSPS) is 11.3. The van der Waals surface area contributed by atoms with Crippen molar-refractivity contribution in [3.63, 3.8) is 0 Å². The van der Waals surface area contributed by atoms with E-state index in [0.29, 0.717) is 0 Å². The van der Waals surface area contributed by atoms with E-state index in [0.717, 1.165) is 11.4 Å². The summed E-state index contributed by atoms with van der Waals surface area (Å²) >= 11 is 0. The molecule has 0 radical (unpaired) electrons. The summed E-state index contributed by atoms with van der Waals surface area (Å²) in [5, 5.41) is 2.40. The van der Waals surface area contributed by atoms with Crippen LogP contribution in [0.3, 0.4) is 0 Å². The van der Waals surface area contributed by atoms with Crippen molar-refractivity contribution in [3.05, 3.63) is 194 Å². The fourth-order valence-corrected chi connectivity index (χ4v) is 7.02. The number of rotatable bonds is 6. The van der Waals surface area contributed by atoms with E-state index in [1.165, 1.54) is 66.6 Å². The van der Waals surface area contributed by atoms with Crippen molar-refractivity contribution in [2.45, 2.75) is 0 Å². The van der Waals surface area contributed by atoms with Gasteiger partial charge in [0.15, 0.2) is 0 Å². The average Bonchev–Trinajstić information content (AvgIpc) is 3.73. The summed E-state index contributed by atoms with van der Waals surface area (Å²) in [5.74, 6) is 0. The lowest BCUT2D eigenvalue weighted by molar-refractivity contribution is 1.13. The quantitative estimate of drug-likeness (QED) is 0.177. The minimum Gasteiger partial charge on any atom is -0.309 e. The van der Waals surface area contributed by atoms with Crippen molar-refractivity contribution >= 4 is 21.8 Å². The highest BCUT2D eigenvalue weighted by molar-refractivity contribution is 6.02. The van der Waals surface area contributed by atoms with Crippen LogP contribution in [0.4, 0.5) is 0 Å². The molecule has 0 aliphatic carbocycles. The van der Waals surface area contributed by atoms with Crippen LogP contribution in [0.25, 0.3) is 77.9 Å². The molecule has 0 aliphatic heterocycles. The minimum atomic E-state index is 1.14. The number of hydrogen-bond donors (Lipinski definition) is 0. The van der Waals surface area contributed by atoms with Crippen molar-refractivity contribution < 1.29 is 0 Å². The second kappa shape index (κ2) is 11.8. The Hall–Kier alpha value is -6.38. The largest absolute Gasteiger partial charge is 0.309 e. The monoisotopic (exact) mass is 612 g/mol. The third kappa shape index (κ3) is 4.92. The van der Waals surface area contributed by atoms with Gasteiger partial charge < -0.3 is 9.13 Å². The molecule has 0 atom stereocenters. The Morgan fingerprint density at radius 2 is 0.583 bits per heavy atom.